The van der Waals surface area contributed by atoms with E-state index in [0.717, 1.165) is 0 Å². The molecule has 1 fully saturated rings. The Kier molecular flexibility index (Phi) is 4.00. The van der Waals surface area contributed by atoms with Crippen molar-refractivity contribution < 1.29 is 4.79 Å². The van der Waals surface area contributed by atoms with Gasteiger partial charge in [-0.3, -0.25) is 4.79 Å². The largest absolute Gasteiger partial charge is 0.333 e. The Morgan fingerprint density at radius 2 is 2.00 bits per heavy atom. The SMILES string of the molecule is CC(C)N1C(=O)C=CC2CCCCC21.[B]. The van der Waals surface area contributed by atoms with E-state index < -0.39 is 0 Å². The number of amides is 1. The van der Waals surface area contributed by atoms with Gasteiger partial charge in [-0.2, -0.15) is 0 Å². The minimum absolute atomic E-state index is 0. The van der Waals surface area contributed by atoms with Crippen molar-refractivity contribution in [1.82, 2.24) is 4.90 Å². The van der Waals surface area contributed by atoms with Gasteiger partial charge in [0, 0.05) is 20.5 Å². The van der Waals surface area contributed by atoms with Crippen LogP contribution in [0.4, 0.5) is 0 Å². The van der Waals surface area contributed by atoms with E-state index in [-0.39, 0.29) is 14.3 Å². The van der Waals surface area contributed by atoms with Gasteiger partial charge in [0.25, 0.3) is 0 Å². The minimum Gasteiger partial charge on any atom is -0.333 e. The van der Waals surface area contributed by atoms with Gasteiger partial charge in [-0.1, -0.05) is 18.9 Å². The Morgan fingerprint density at radius 3 is 2.67 bits per heavy atom. The van der Waals surface area contributed by atoms with Crippen molar-refractivity contribution in [3.63, 3.8) is 0 Å². The van der Waals surface area contributed by atoms with Crippen molar-refractivity contribution >= 4 is 14.3 Å². The second-order valence-corrected chi connectivity index (χ2v) is 4.71. The van der Waals surface area contributed by atoms with Crippen LogP contribution in [0.3, 0.4) is 0 Å². The van der Waals surface area contributed by atoms with Crippen molar-refractivity contribution in [3.8, 4) is 0 Å². The number of carbonyl (C=O) groups is 1. The molecule has 0 saturated heterocycles. The van der Waals surface area contributed by atoms with Gasteiger partial charge < -0.3 is 4.90 Å². The quantitative estimate of drug-likeness (QED) is 0.598. The topological polar surface area (TPSA) is 20.3 Å². The Morgan fingerprint density at radius 1 is 1.33 bits per heavy atom. The van der Waals surface area contributed by atoms with Gasteiger partial charge in [-0.15, -0.1) is 0 Å². The Hall–Kier alpha value is -0.725. The number of hydrogen-bond acceptors (Lipinski definition) is 1. The van der Waals surface area contributed by atoms with Crippen molar-refractivity contribution in [2.24, 2.45) is 5.92 Å². The molecule has 2 atom stereocenters. The van der Waals surface area contributed by atoms with Crippen molar-refractivity contribution in [2.45, 2.75) is 51.6 Å². The van der Waals surface area contributed by atoms with Crippen LogP contribution in [0.25, 0.3) is 0 Å². The summed E-state index contributed by atoms with van der Waals surface area (Å²) in [6, 6.07) is 0.833. The predicted octanol–water partition coefficient (Wildman–Crippen LogP) is 1.97. The molecule has 0 aromatic heterocycles. The fraction of sp³-hybridized carbons (Fsp3) is 0.750. The Labute approximate surface area is 94.3 Å². The van der Waals surface area contributed by atoms with Crippen LogP contribution in [0.5, 0.6) is 0 Å². The fourth-order valence-corrected chi connectivity index (χ4v) is 2.80. The lowest BCUT2D eigenvalue weighted by molar-refractivity contribution is -0.133. The van der Waals surface area contributed by atoms with Crippen LogP contribution in [0, 0.1) is 5.92 Å². The van der Waals surface area contributed by atoms with Gasteiger partial charge in [0.2, 0.25) is 5.91 Å². The summed E-state index contributed by atoms with van der Waals surface area (Å²) in [5.41, 5.74) is 0. The van der Waals surface area contributed by atoms with E-state index in [1.807, 2.05) is 0 Å². The molecule has 2 nitrogen and oxygen atoms in total. The van der Waals surface area contributed by atoms with Crippen molar-refractivity contribution in [1.29, 1.82) is 0 Å². The number of nitrogens with zero attached hydrogens (tertiary/aromatic N) is 1. The molecule has 0 spiro atoms. The molecule has 3 heteroatoms. The predicted molar refractivity (Wildman–Crippen MR) is 62.6 cm³/mol. The van der Waals surface area contributed by atoms with Crippen LogP contribution in [0.1, 0.15) is 39.5 Å². The lowest BCUT2D eigenvalue weighted by Gasteiger charge is -2.43. The summed E-state index contributed by atoms with van der Waals surface area (Å²) < 4.78 is 0. The van der Waals surface area contributed by atoms with E-state index in [0.29, 0.717) is 18.0 Å². The van der Waals surface area contributed by atoms with Crippen LogP contribution in [0.2, 0.25) is 0 Å². The van der Waals surface area contributed by atoms with Crippen molar-refractivity contribution in [2.75, 3.05) is 0 Å². The normalized spacial score (nSPS) is 30.1. The molecule has 0 N–H and O–H groups in total. The molecule has 1 heterocycles. The standard InChI is InChI=1S/C12H19NO.B/c1-9(2)13-11-6-4-3-5-10(11)7-8-12(13)14;/h7-11H,3-6H2,1-2H3;. The van der Waals surface area contributed by atoms with E-state index in [1.165, 1.54) is 25.7 Å². The molecule has 0 aromatic carbocycles. The molecule has 81 valence electrons. The third-order valence-electron chi connectivity index (χ3n) is 3.44. The highest BCUT2D eigenvalue weighted by molar-refractivity contribution is 5.89. The summed E-state index contributed by atoms with van der Waals surface area (Å²) in [5, 5.41) is 0. The average Bonchev–Trinajstić information content (AvgIpc) is 2.17. The zero-order valence-corrected chi connectivity index (χ0v) is 9.65. The average molecular weight is 204 g/mol. The number of fused-ring (bicyclic) bond motifs is 1. The molecule has 0 aromatic rings. The van der Waals surface area contributed by atoms with E-state index in [4.69, 9.17) is 0 Å². The molecule has 15 heavy (non-hydrogen) atoms. The van der Waals surface area contributed by atoms with Gasteiger partial charge in [0.05, 0.1) is 0 Å². The summed E-state index contributed by atoms with van der Waals surface area (Å²) in [6.45, 7) is 4.23. The fourth-order valence-electron chi connectivity index (χ4n) is 2.80. The third kappa shape index (κ3) is 2.27. The first-order valence-corrected chi connectivity index (χ1v) is 5.70. The van der Waals surface area contributed by atoms with E-state index in [2.05, 4.69) is 24.8 Å². The first-order chi connectivity index (χ1) is 6.70. The smallest absolute Gasteiger partial charge is 0.246 e. The maximum Gasteiger partial charge on any atom is 0.246 e. The van der Waals surface area contributed by atoms with E-state index in [1.54, 1.807) is 6.08 Å². The number of hydrogen-bond donors (Lipinski definition) is 0. The van der Waals surface area contributed by atoms with Crippen LogP contribution in [-0.4, -0.2) is 31.3 Å². The zero-order valence-electron chi connectivity index (χ0n) is 9.65. The Balaban J connectivity index is 0.00000112. The number of rotatable bonds is 1. The molecular weight excluding hydrogens is 185 g/mol. The van der Waals surface area contributed by atoms with Crippen LogP contribution >= 0.6 is 0 Å². The van der Waals surface area contributed by atoms with Crippen LogP contribution in [0.15, 0.2) is 12.2 Å². The monoisotopic (exact) mass is 204 g/mol. The lowest BCUT2D eigenvalue weighted by atomic mass is 9.81. The lowest BCUT2D eigenvalue weighted by Crippen LogP contribution is -2.50. The van der Waals surface area contributed by atoms with Gasteiger partial charge in [-0.05, 0) is 38.7 Å². The molecule has 2 unspecified atom stereocenters. The zero-order chi connectivity index (χ0) is 10.1. The minimum atomic E-state index is 0. The van der Waals surface area contributed by atoms with Crippen LogP contribution in [-0.2, 0) is 4.79 Å². The highest BCUT2D eigenvalue weighted by atomic mass is 16.2. The molecular formula is C12H19BNO. The molecule has 2 rings (SSSR count). The molecule has 1 aliphatic heterocycles. The summed E-state index contributed by atoms with van der Waals surface area (Å²) >= 11 is 0. The van der Waals surface area contributed by atoms with E-state index in [9.17, 15) is 4.79 Å². The number of carbonyl (C=O) groups excluding carboxylic acids is 1. The maximum absolute atomic E-state index is 11.7. The summed E-state index contributed by atoms with van der Waals surface area (Å²) in [7, 11) is 0. The molecule has 0 bridgehead atoms. The maximum atomic E-state index is 11.7. The summed E-state index contributed by atoms with van der Waals surface area (Å²) in [4.78, 5) is 13.8. The highest BCUT2D eigenvalue weighted by Crippen LogP contribution is 2.33. The second-order valence-electron chi connectivity index (χ2n) is 4.71. The molecule has 2 aliphatic rings. The van der Waals surface area contributed by atoms with Crippen LogP contribution < -0.4 is 0 Å². The second kappa shape index (κ2) is 4.87. The van der Waals surface area contributed by atoms with E-state index >= 15 is 0 Å². The van der Waals surface area contributed by atoms with Gasteiger partial charge in [0.15, 0.2) is 0 Å². The van der Waals surface area contributed by atoms with Gasteiger partial charge >= 0.3 is 0 Å². The van der Waals surface area contributed by atoms with Gasteiger partial charge in [0.1, 0.15) is 0 Å². The third-order valence-corrected chi connectivity index (χ3v) is 3.44. The molecule has 3 radical (unpaired) electrons. The highest BCUT2D eigenvalue weighted by Gasteiger charge is 2.34. The van der Waals surface area contributed by atoms with Crippen molar-refractivity contribution in [3.05, 3.63) is 12.2 Å². The summed E-state index contributed by atoms with van der Waals surface area (Å²) in [5.74, 6) is 0.840. The Bertz CT molecular complexity index is 262. The molecule has 1 aliphatic carbocycles. The summed E-state index contributed by atoms with van der Waals surface area (Å²) in [6.07, 6.45) is 8.96. The molecule has 1 saturated carbocycles. The van der Waals surface area contributed by atoms with Gasteiger partial charge in [-0.25, -0.2) is 0 Å². The molecule has 1 amide bonds. The first kappa shape index (κ1) is 12.3. The first-order valence-electron chi connectivity index (χ1n) is 5.70.